The zero-order valence-electron chi connectivity index (χ0n) is 10.9. The summed E-state index contributed by atoms with van der Waals surface area (Å²) in [6.07, 6.45) is 3.62. The highest BCUT2D eigenvalue weighted by molar-refractivity contribution is 7.99. The summed E-state index contributed by atoms with van der Waals surface area (Å²) < 4.78 is 13.8. The van der Waals surface area contributed by atoms with Crippen LogP contribution >= 0.6 is 11.8 Å². The molecule has 0 spiro atoms. The monoisotopic (exact) mass is 269 g/mol. The summed E-state index contributed by atoms with van der Waals surface area (Å²) in [7, 11) is 0. The van der Waals surface area contributed by atoms with Crippen molar-refractivity contribution in [1.29, 1.82) is 0 Å². The van der Waals surface area contributed by atoms with Crippen molar-refractivity contribution in [3.05, 3.63) is 29.6 Å². The van der Waals surface area contributed by atoms with Crippen LogP contribution in [0.25, 0.3) is 0 Å². The zero-order chi connectivity index (χ0) is 13.1. The van der Waals surface area contributed by atoms with E-state index >= 15 is 0 Å². The predicted octanol–water partition coefficient (Wildman–Crippen LogP) is 3.21. The van der Waals surface area contributed by atoms with Gasteiger partial charge in [-0.2, -0.15) is 11.8 Å². The van der Waals surface area contributed by atoms with Gasteiger partial charge in [-0.25, -0.2) is 4.39 Å². The Morgan fingerprint density at radius 3 is 2.61 bits per heavy atom. The van der Waals surface area contributed by atoms with Gasteiger partial charge in [0.05, 0.1) is 6.10 Å². The first-order valence-corrected chi connectivity index (χ1v) is 7.66. The molecule has 1 N–H and O–H groups in total. The second kappa shape index (κ2) is 5.93. The molecular formula is C14H20FNOS. The maximum atomic E-state index is 13.8. The number of piperidine rings is 1. The van der Waals surface area contributed by atoms with Crippen molar-refractivity contribution in [3.63, 3.8) is 0 Å². The van der Waals surface area contributed by atoms with E-state index < -0.39 is 6.10 Å². The van der Waals surface area contributed by atoms with Crippen molar-refractivity contribution in [2.45, 2.75) is 31.1 Å². The molecule has 1 heterocycles. The molecule has 1 saturated heterocycles. The average molecular weight is 269 g/mol. The van der Waals surface area contributed by atoms with E-state index in [0.29, 0.717) is 10.8 Å². The number of aliphatic hydroxyl groups is 1. The van der Waals surface area contributed by atoms with Crippen molar-refractivity contribution in [2.75, 3.05) is 24.2 Å². The van der Waals surface area contributed by atoms with Gasteiger partial charge in [-0.1, -0.05) is 6.07 Å². The van der Waals surface area contributed by atoms with Crippen LogP contribution in [0.2, 0.25) is 0 Å². The fraction of sp³-hybridized carbons (Fsp3) is 0.571. The number of thioether (sulfide) groups is 1. The number of aliphatic hydroxyl groups excluding tert-OH is 1. The molecule has 4 heteroatoms. The first-order chi connectivity index (χ1) is 8.63. The zero-order valence-corrected chi connectivity index (χ0v) is 11.7. The summed E-state index contributed by atoms with van der Waals surface area (Å²) in [5.74, 6) is -0.311. The highest BCUT2D eigenvalue weighted by atomic mass is 32.2. The highest BCUT2D eigenvalue weighted by Gasteiger charge is 2.23. The molecule has 0 radical (unpaired) electrons. The van der Waals surface area contributed by atoms with Gasteiger partial charge in [0.2, 0.25) is 0 Å². The molecule has 0 aromatic heterocycles. The van der Waals surface area contributed by atoms with Gasteiger partial charge >= 0.3 is 0 Å². The third kappa shape index (κ3) is 2.81. The number of halogens is 1. The molecule has 18 heavy (non-hydrogen) atoms. The summed E-state index contributed by atoms with van der Waals surface area (Å²) in [6.45, 7) is 3.50. The van der Waals surface area contributed by atoms with Crippen molar-refractivity contribution in [2.24, 2.45) is 0 Å². The lowest BCUT2D eigenvalue weighted by Crippen LogP contribution is -2.35. The summed E-state index contributed by atoms with van der Waals surface area (Å²) in [5, 5.41) is 10.5. The van der Waals surface area contributed by atoms with E-state index in [4.69, 9.17) is 0 Å². The molecule has 2 rings (SSSR count). The van der Waals surface area contributed by atoms with E-state index in [1.807, 2.05) is 17.8 Å². The number of hydrogen-bond donors (Lipinski definition) is 1. The molecule has 0 aliphatic carbocycles. The van der Waals surface area contributed by atoms with Crippen LogP contribution in [0.5, 0.6) is 0 Å². The average Bonchev–Trinajstić information content (AvgIpc) is 2.38. The second-order valence-electron chi connectivity index (χ2n) is 4.77. The van der Waals surface area contributed by atoms with Crippen molar-refractivity contribution in [3.8, 4) is 0 Å². The topological polar surface area (TPSA) is 23.5 Å². The predicted molar refractivity (Wildman–Crippen MR) is 75.8 cm³/mol. The van der Waals surface area contributed by atoms with Gasteiger partial charge in [0, 0.05) is 29.6 Å². The molecular weight excluding hydrogens is 249 g/mol. The van der Waals surface area contributed by atoms with E-state index in [1.54, 1.807) is 13.0 Å². The second-order valence-corrected chi connectivity index (χ2v) is 5.91. The molecule has 1 aliphatic heterocycles. The Labute approximate surface area is 112 Å². The molecule has 1 aromatic carbocycles. The van der Waals surface area contributed by atoms with Crippen LogP contribution in [0.15, 0.2) is 18.2 Å². The maximum absolute atomic E-state index is 13.8. The molecule has 0 unspecified atom stereocenters. The summed E-state index contributed by atoms with van der Waals surface area (Å²) in [6, 6.07) is 5.04. The van der Waals surface area contributed by atoms with Crippen LogP contribution < -0.4 is 4.90 Å². The lowest BCUT2D eigenvalue weighted by molar-refractivity contribution is 0.194. The van der Waals surface area contributed by atoms with E-state index in [-0.39, 0.29) is 5.82 Å². The van der Waals surface area contributed by atoms with Crippen LogP contribution in [-0.2, 0) is 0 Å². The summed E-state index contributed by atoms with van der Waals surface area (Å²) >= 11 is 1.91. The lowest BCUT2D eigenvalue weighted by Gasteiger charge is -2.34. The Morgan fingerprint density at radius 2 is 2.06 bits per heavy atom. The van der Waals surface area contributed by atoms with Gasteiger partial charge in [-0.3, -0.25) is 0 Å². The maximum Gasteiger partial charge on any atom is 0.131 e. The Kier molecular flexibility index (Phi) is 4.51. The van der Waals surface area contributed by atoms with Gasteiger partial charge in [-0.15, -0.1) is 0 Å². The van der Waals surface area contributed by atoms with Crippen LogP contribution in [0.1, 0.15) is 31.4 Å². The first-order valence-electron chi connectivity index (χ1n) is 6.37. The van der Waals surface area contributed by atoms with Gasteiger partial charge in [-0.05, 0) is 38.2 Å². The van der Waals surface area contributed by atoms with Gasteiger partial charge in [0.1, 0.15) is 5.82 Å². The summed E-state index contributed by atoms with van der Waals surface area (Å²) in [4.78, 5) is 2.19. The Balaban J connectivity index is 2.21. The van der Waals surface area contributed by atoms with E-state index in [0.717, 1.165) is 31.6 Å². The first kappa shape index (κ1) is 13.7. The van der Waals surface area contributed by atoms with Crippen LogP contribution in [0, 0.1) is 5.82 Å². The molecule has 1 fully saturated rings. The smallest absolute Gasteiger partial charge is 0.131 e. The quantitative estimate of drug-likeness (QED) is 0.911. The van der Waals surface area contributed by atoms with Crippen LogP contribution in [-0.4, -0.2) is 29.7 Å². The van der Waals surface area contributed by atoms with Crippen molar-refractivity contribution < 1.29 is 9.50 Å². The summed E-state index contributed by atoms with van der Waals surface area (Å²) in [5.41, 5.74) is 1.28. The number of rotatable bonds is 3. The van der Waals surface area contributed by atoms with Gasteiger partial charge in [0.25, 0.3) is 0 Å². The van der Waals surface area contributed by atoms with E-state index in [2.05, 4.69) is 11.2 Å². The standard InChI is InChI=1S/C14H20FNOS/c1-10(17)14-12(15)4-3-5-13(14)16-8-6-11(18-2)7-9-16/h3-5,10-11,17H,6-9H2,1-2H3/t10-/m1/s1. The Morgan fingerprint density at radius 1 is 1.39 bits per heavy atom. The fourth-order valence-corrected chi connectivity index (χ4v) is 3.23. The Bertz CT molecular complexity index is 403. The van der Waals surface area contributed by atoms with Crippen molar-refractivity contribution >= 4 is 17.4 Å². The number of benzene rings is 1. The molecule has 1 aromatic rings. The Hall–Kier alpha value is -0.740. The molecule has 0 saturated carbocycles. The van der Waals surface area contributed by atoms with E-state index in [9.17, 15) is 9.50 Å². The minimum Gasteiger partial charge on any atom is -0.389 e. The minimum absolute atomic E-state index is 0.311. The number of nitrogens with zero attached hydrogens (tertiary/aromatic N) is 1. The molecule has 1 atom stereocenters. The lowest BCUT2D eigenvalue weighted by atomic mass is 10.0. The van der Waals surface area contributed by atoms with Gasteiger partial charge in [0.15, 0.2) is 0 Å². The minimum atomic E-state index is -0.764. The van der Waals surface area contributed by atoms with E-state index in [1.165, 1.54) is 6.07 Å². The SMILES string of the molecule is CSC1CCN(c2cccc(F)c2[C@@H](C)O)CC1. The van der Waals surface area contributed by atoms with Gasteiger partial charge < -0.3 is 10.0 Å². The number of anilines is 1. The molecule has 100 valence electrons. The normalized spacial score (nSPS) is 19.0. The molecule has 0 amide bonds. The largest absolute Gasteiger partial charge is 0.389 e. The molecule has 1 aliphatic rings. The highest BCUT2D eigenvalue weighted by Crippen LogP contribution is 2.32. The fourth-order valence-electron chi connectivity index (χ4n) is 2.55. The van der Waals surface area contributed by atoms with Crippen molar-refractivity contribution in [1.82, 2.24) is 0 Å². The number of hydrogen-bond acceptors (Lipinski definition) is 3. The van der Waals surface area contributed by atoms with Crippen LogP contribution in [0.3, 0.4) is 0 Å². The third-order valence-corrected chi connectivity index (χ3v) is 4.70. The molecule has 2 nitrogen and oxygen atoms in total. The van der Waals surface area contributed by atoms with Crippen LogP contribution in [0.4, 0.5) is 10.1 Å². The molecule has 0 bridgehead atoms. The third-order valence-electron chi connectivity index (χ3n) is 3.56.